The summed E-state index contributed by atoms with van der Waals surface area (Å²) in [7, 11) is 0. The molecule has 0 unspecified atom stereocenters. The lowest BCUT2D eigenvalue weighted by Gasteiger charge is -2.36. The first kappa shape index (κ1) is 28.8. The van der Waals surface area contributed by atoms with Crippen LogP contribution < -0.4 is 15.2 Å². The number of ether oxygens (including phenoxy) is 1. The Morgan fingerprint density at radius 1 is 0.881 bits per heavy atom. The molecule has 11 heteroatoms. The molecule has 1 aromatic heterocycles. The maximum atomic E-state index is 13.8. The number of aliphatic carboxylic acids is 1. The molecule has 1 saturated heterocycles. The van der Waals surface area contributed by atoms with E-state index in [1.54, 1.807) is 59.6 Å². The van der Waals surface area contributed by atoms with Crippen LogP contribution in [-0.2, 0) is 9.59 Å². The Morgan fingerprint density at radius 2 is 1.50 bits per heavy atom. The van der Waals surface area contributed by atoms with Gasteiger partial charge in [0, 0.05) is 44.0 Å². The summed E-state index contributed by atoms with van der Waals surface area (Å²) in [6.45, 7) is 1.71. The lowest BCUT2D eigenvalue weighted by molar-refractivity contribution is -0.137. The maximum absolute atomic E-state index is 13.8. The second-order valence-corrected chi connectivity index (χ2v) is 10.2. The normalized spacial score (nSPS) is 13.2. The number of halogens is 2. The summed E-state index contributed by atoms with van der Waals surface area (Å²) in [5, 5.41) is 13.8. The van der Waals surface area contributed by atoms with E-state index in [-0.39, 0.29) is 30.3 Å². The zero-order chi connectivity index (χ0) is 29.6. The second kappa shape index (κ2) is 12.9. The van der Waals surface area contributed by atoms with E-state index in [1.165, 1.54) is 16.8 Å². The molecule has 42 heavy (non-hydrogen) atoms. The third-order valence-corrected chi connectivity index (χ3v) is 7.24. The highest BCUT2D eigenvalue weighted by molar-refractivity contribution is 6.30. The minimum atomic E-state index is -0.925. The molecule has 0 saturated carbocycles. The van der Waals surface area contributed by atoms with Crippen molar-refractivity contribution in [3.63, 3.8) is 0 Å². The number of piperazine rings is 1. The summed E-state index contributed by atoms with van der Waals surface area (Å²) in [5.41, 5.74) is 2.24. The van der Waals surface area contributed by atoms with E-state index in [1.807, 2.05) is 17.0 Å². The molecule has 216 valence electrons. The fraction of sp³-hybridized carbons (Fsp3) is 0.226. The van der Waals surface area contributed by atoms with Crippen molar-refractivity contribution in [3.05, 3.63) is 100 Å². The molecule has 1 aliphatic heterocycles. The van der Waals surface area contributed by atoms with E-state index in [4.69, 9.17) is 21.4 Å². The van der Waals surface area contributed by atoms with Crippen molar-refractivity contribution >= 4 is 29.2 Å². The molecule has 2 heterocycles. The lowest BCUT2D eigenvalue weighted by atomic mass is 10.1. The summed E-state index contributed by atoms with van der Waals surface area (Å²) in [6.07, 6.45) is 1.99. The molecule has 9 nitrogen and oxygen atoms in total. The largest absolute Gasteiger partial charge is 0.481 e. The number of benzene rings is 3. The predicted molar refractivity (Wildman–Crippen MR) is 157 cm³/mol. The lowest BCUT2D eigenvalue weighted by Crippen LogP contribution is -2.49. The number of rotatable bonds is 9. The van der Waals surface area contributed by atoms with Gasteiger partial charge in [0.05, 0.1) is 11.9 Å². The van der Waals surface area contributed by atoms with Crippen LogP contribution in [0.3, 0.4) is 0 Å². The van der Waals surface area contributed by atoms with Crippen LogP contribution in [0.1, 0.15) is 19.3 Å². The minimum absolute atomic E-state index is 0.0487. The van der Waals surface area contributed by atoms with Crippen LogP contribution in [-0.4, -0.2) is 57.8 Å². The molecule has 1 aliphatic rings. The van der Waals surface area contributed by atoms with E-state index in [2.05, 4.69) is 5.10 Å². The van der Waals surface area contributed by atoms with Crippen LogP contribution >= 0.6 is 11.6 Å². The number of aromatic nitrogens is 2. The van der Waals surface area contributed by atoms with Gasteiger partial charge in [-0.1, -0.05) is 35.9 Å². The first-order valence-electron chi connectivity index (χ1n) is 13.4. The predicted octanol–water partition coefficient (Wildman–Crippen LogP) is 5.39. The molecule has 1 fully saturated rings. The van der Waals surface area contributed by atoms with Crippen LogP contribution in [0, 0.1) is 5.82 Å². The van der Waals surface area contributed by atoms with Crippen molar-refractivity contribution in [3.8, 4) is 28.3 Å². The number of anilines is 1. The van der Waals surface area contributed by atoms with Gasteiger partial charge >= 0.3 is 11.5 Å². The Balaban J connectivity index is 1.40. The summed E-state index contributed by atoms with van der Waals surface area (Å²) in [5.74, 6) is -0.823. The van der Waals surface area contributed by atoms with Crippen molar-refractivity contribution in [2.75, 3.05) is 31.1 Å². The van der Waals surface area contributed by atoms with Crippen molar-refractivity contribution in [2.45, 2.75) is 19.3 Å². The summed E-state index contributed by atoms with van der Waals surface area (Å²) >= 11 is 6.03. The Labute approximate surface area is 246 Å². The Morgan fingerprint density at radius 3 is 2.12 bits per heavy atom. The van der Waals surface area contributed by atoms with E-state index >= 15 is 0 Å². The van der Waals surface area contributed by atoms with Crippen molar-refractivity contribution < 1.29 is 23.8 Å². The fourth-order valence-corrected chi connectivity index (χ4v) is 4.86. The Hall–Kier alpha value is -4.70. The Kier molecular flexibility index (Phi) is 8.83. The zero-order valence-corrected chi connectivity index (χ0v) is 23.3. The molecule has 0 aliphatic carbocycles. The van der Waals surface area contributed by atoms with Crippen LogP contribution in [0.25, 0.3) is 16.8 Å². The molecule has 1 amide bonds. The highest BCUT2D eigenvalue weighted by Gasteiger charge is 2.26. The number of carboxylic acids is 1. The number of nitrogens with zero attached hydrogens (tertiary/aromatic N) is 4. The van der Waals surface area contributed by atoms with Gasteiger partial charge in [-0.15, -0.1) is 0 Å². The third kappa shape index (κ3) is 6.77. The molecular formula is C31H28ClFN4O5. The van der Waals surface area contributed by atoms with Crippen molar-refractivity contribution in [1.29, 1.82) is 0 Å². The summed E-state index contributed by atoms with van der Waals surface area (Å²) in [4.78, 5) is 40.7. The first-order chi connectivity index (χ1) is 20.3. The molecule has 0 atom stereocenters. The van der Waals surface area contributed by atoms with Crippen LogP contribution in [0.2, 0.25) is 5.02 Å². The highest BCUT2D eigenvalue weighted by Crippen LogP contribution is 2.31. The van der Waals surface area contributed by atoms with E-state index in [0.717, 1.165) is 11.1 Å². The third-order valence-electron chi connectivity index (χ3n) is 6.99. The molecule has 0 spiro atoms. The summed E-state index contributed by atoms with van der Waals surface area (Å²) < 4.78 is 20.8. The molecule has 0 radical (unpaired) electrons. The maximum Gasteiger partial charge on any atom is 0.316 e. The van der Waals surface area contributed by atoms with Crippen molar-refractivity contribution in [2.24, 2.45) is 0 Å². The average Bonchev–Trinajstić information content (AvgIpc) is 2.99. The number of hydrogen-bond acceptors (Lipinski definition) is 6. The molecule has 1 N–H and O–H groups in total. The van der Waals surface area contributed by atoms with Gasteiger partial charge in [-0.3, -0.25) is 14.4 Å². The molecule has 3 aromatic carbocycles. The van der Waals surface area contributed by atoms with Crippen molar-refractivity contribution in [1.82, 2.24) is 14.7 Å². The average molecular weight is 591 g/mol. The van der Waals surface area contributed by atoms with Gasteiger partial charge < -0.3 is 19.6 Å². The smallest absolute Gasteiger partial charge is 0.316 e. The van der Waals surface area contributed by atoms with Gasteiger partial charge in [-0.25, -0.2) is 4.39 Å². The van der Waals surface area contributed by atoms with Crippen LogP contribution in [0.4, 0.5) is 10.1 Å². The van der Waals surface area contributed by atoms with Gasteiger partial charge in [-0.2, -0.15) is 9.78 Å². The van der Waals surface area contributed by atoms with E-state index in [9.17, 15) is 18.8 Å². The quantitative estimate of drug-likeness (QED) is 0.279. The Bertz CT molecular complexity index is 1620. The standard InChI is InChI=1S/C31H28ClFN4O5/c32-23-8-12-25(13-9-23)37-31(41)30(42-26-14-6-22(7-15-26)21-4-10-24(33)11-5-21)27(20-34-37)35-16-18-36(19-17-35)28(38)2-1-3-29(39)40/h4-15,20H,1-3,16-19H2,(H,39,40). The highest BCUT2D eigenvalue weighted by atomic mass is 35.5. The molecule has 0 bridgehead atoms. The van der Waals surface area contributed by atoms with E-state index in [0.29, 0.717) is 54.7 Å². The van der Waals surface area contributed by atoms with Gasteiger partial charge in [0.1, 0.15) is 17.3 Å². The van der Waals surface area contributed by atoms with Crippen LogP contribution in [0.15, 0.2) is 83.8 Å². The molecule has 4 aromatic rings. The number of carboxylic acid groups (broad SMARTS) is 1. The second-order valence-electron chi connectivity index (χ2n) is 9.80. The zero-order valence-electron chi connectivity index (χ0n) is 22.6. The minimum Gasteiger partial charge on any atom is -0.481 e. The van der Waals surface area contributed by atoms with E-state index < -0.39 is 11.5 Å². The van der Waals surface area contributed by atoms with Gasteiger partial charge in [0.2, 0.25) is 11.7 Å². The number of hydrogen-bond donors (Lipinski definition) is 1. The van der Waals surface area contributed by atoms with Gasteiger partial charge in [-0.05, 0) is 66.1 Å². The number of carbonyl (C=O) groups excluding carboxylic acids is 1. The van der Waals surface area contributed by atoms with Gasteiger partial charge in [0.25, 0.3) is 0 Å². The topological polar surface area (TPSA) is 105 Å². The molecule has 5 rings (SSSR count). The summed E-state index contributed by atoms with van der Waals surface area (Å²) in [6, 6.07) is 20.0. The monoisotopic (exact) mass is 590 g/mol. The first-order valence-corrected chi connectivity index (χ1v) is 13.8. The fourth-order valence-electron chi connectivity index (χ4n) is 4.74. The van der Waals surface area contributed by atoms with Crippen LogP contribution in [0.5, 0.6) is 11.5 Å². The van der Waals surface area contributed by atoms with Gasteiger partial charge in [0.15, 0.2) is 0 Å². The SMILES string of the molecule is O=C(O)CCCC(=O)N1CCN(c2cnn(-c3ccc(Cl)cc3)c(=O)c2Oc2ccc(-c3ccc(F)cc3)cc2)CC1. The number of amides is 1. The number of carbonyl (C=O) groups is 2. The molecular weight excluding hydrogens is 563 g/mol.